The number of amides is 1. The zero-order valence-corrected chi connectivity index (χ0v) is 11.2. The van der Waals surface area contributed by atoms with E-state index in [9.17, 15) is 22.8 Å². The van der Waals surface area contributed by atoms with Crippen LogP contribution in [0, 0.1) is 0 Å². The molecule has 2 aromatic rings. The van der Waals surface area contributed by atoms with E-state index in [0.717, 1.165) is 23.0 Å². The predicted molar refractivity (Wildman–Crippen MR) is 69.6 cm³/mol. The third-order valence-electron chi connectivity index (χ3n) is 2.86. The fourth-order valence-corrected chi connectivity index (χ4v) is 1.88. The summed E-state index contributed by atoms with van der Waals surface area (Å²) in [7, 11) is 1.32. The summed E-state index contributed by atoms with van der Waals surface area (Å²) in [6.07, 6.45) is -3.70. The van der Waals surface area contributed by atoms with Crippen LogP contribution in [-0.4, -0.2) is 26.8 Å². The first kappa shape index (κ1) is 15.5. The maximum Gasteiger partial charge on any atom is 0.418 e. The molecule has 0 saturated carbocycles. The highest BCUT2D eigenvalue weighted by atomic mass is 19.4. The highest BCUT2D eigenvalue weighted by molar-refractivity contribution is 6.09. The molecule has 6 nitrogen and oxygen atoms in total. The molecule has 1 aromatic heterocycles. The van der Waals surface area contributed by atoms with Crippen LogP contribution >= 0.6 is 0 Å². The first-order chi connectivity index (χ1) is 10.2. The van der Waals surface area contributed by atoms with Crippen LogP contribution in [0.2, 0.25) is 0 Å². The summed E-state index contributed by atoms with van der Waals surface area (Å²) >= 11 is 0. The number of nitrogens with one attached hydrogen (secondary N) is 1. The highest BCUT2D eigenvalue weighted by Gasteiger charge is 2.34. The Bertz CT molecular complexity index is 738. The van der Waals surface area contributed by atoms with Gasteiger partial charge in [0.05, 0.1) is 17.4 Å². The van der Waals surface area contributed by atoms with Gasteiger partial charge in [-0.1, -0.05) is 12.1 Å². The Hall–Kier alpha value is -2.84. The summed E-state index contributed by atoms with van der Waals surface area (Å²) in [4.78, 5) is 23.1. The van der Waals surface area contributed by atoms with E-state index in [1.807, 2.05) is 0 Å². The lowest BCUT2D eigenvalue weighted by molar-refractivity contribution is -0.136. The van der Waals surface area contributed by atoms with E-state index < -0.39 is 34.9 Å². The summed E-state index contributed by atoms with van der Waals surface area (Å²) in [6.45, 7) is 0. The number of para-hydroxylation sites is 1. The maximum absolute atomic E-state index is 12.9. The molecule has 0 bridgehead atoms. The van der Waals surface area contributed by atoms with Crippen LogP contribution in [0.3, 0.4) is 0 Å². The standard InChI is InChI=1S/C13H10F3N3O3/c1-19-10(7(6-17-19)12(21)22)11(20)18-9-5-3-2-4-8(9)13(14,15)16/h2-6H,1H3,(H,18,20)(H,21,22). The molecule has 22 heavy (non-hydrogen) atoms. The number of carboxylic acid groups (broad SMARTS) is 1. The van der Waals surface area contributed by atoms with Crippen molar-refractivity contribution in [1.82, 2.24) is 9.78 Å². The van der Waals surface area contributed by atoms with E-state index in [0.29, 0.717) is 0 Å². The Balaban J connectivity index is 2.39. The molecular formula is C13H10F3N3O3. The molecule has 1 amide bonds. The van der Waals surface area contributed by atoms with Crippen LogP contribution in [0.5, 0.6) is 0 Å². The van der Waals surface area contributed by atoms with Gasteiger partial charge in [0.1, 0.15) is 11.3 Å². The number of benzene rings is 1. The number of aryl methyl sites for hydroxylation is 1. The van der Waals surface area contributed by atoms with Crippen LogP contribution in [0.15, 0.2) is 30.5 Å². The average molecular weight is 313 g/mol. The van der Waals surface area contributed by atoms with E-state index in [-0.39, 0.29) is 5.69 Å². The van der Waals surface area contributed by atoms with Crippen molar-refractivity contribution in [3.63, 3.8) is 0 Å². The minimum Gasteiger partial charge on any atom is -0.478 e. The van der Waals surface area contributed by atoms with Gasteiger partial charge in [-0.3, -0.25) is 9.48 Å². The van der Waals surface area contributed by atoms with Gasteiger partial charge in [0.15, 0.2) is 0 Å². The predicted octanol–water partition coefficient (Wildman–Crippen LogP) is 2.39. The van der Waals surface area contributed by atoms with Crippen molar-refractivity contribution < 1.29 is 27.9 Å². The molecule has 0 unspecified atom stereocenters. The van der Waals surface area contributed by atoms with Crippen LogP contribution in [0.1, 0.15) is 26.4 Å². The summed E-state index contributed by atoms with van der Waals surface area (Å²) in [5, 5.41) is 14.7. The fraction of sp³-hybridized carbons (Fsp3) is 0.154. The van der Waals surface area contributed by atoms with Crippen LogP contribution in [0.25, 0.3) is 0 Å². The second-order valence-electron chi connectivity index (χ2n) is 4.33. The molecule has 9 heteroatoms. The average Bonchev–Trinajstić information content (AvgIpc) is 2.80. The van der Waals surface area contributed by atoms with Gasteiger partial charge < -0.3 is 10.4 Å². The number of carbonyl (C=O) groups is 2. The Kier molecular flexibility index (Phi) is 3.89. The van der Waals surface area contributed by atoms with Crippen LogP contribution < -0.4 is 5.32 Å². The van der Waals surface area contributed by atoms with Crippen molar-refractivity contribution in [3.8, 4) is 0 Å². The molecule has 0 radical (unpaired) electrons. The molecule has 0 aliphatic carbocycles. The fourth-order valence-electron chi connectivity index (χ4n) is 1.88. The van der Waals surface area contributed by atoms with Gasteiger partial charge in [-0.2, -0.15) is 18.3 Å². The van der Waals surface area contributed by atoms with Gasteiger partial charge in [-0.25, -0.2) is 4.79 Å². The molecule has 1 heterocycles. The van der Waals surface area contributed by atoms with Crippen LogP contribution in [0.4, 0.5) is 18.9 Å². The molecule has 2 rings (SSSR count). The largest absolute Gasteiger partial charge is 0.478 e. The molecular weight excluding hydrogens is 303 g/mol. The number of hydrogen-bond donors (Lipinski definition) is 2. The molecule has 116 valence electrons. The number of aromatic nitrogens is 2. The Morgan fingerprint density at radius 3 is 2.50 bits per heavy atom. The Labute approximate surface area is 122 Å². The van der Waals surface area contributed by atoms with Crippen molar-refractivity contribution in [2.24, 2.45) is 7.05 Å². The number of halogens is 3. The molecule has 0 aliphatic heterocycles. The monoisotopic (exact) mass is 313 g/mol. The number of carboxylic acids is 1. The third-order valence-corrected chi connectivity index (χ3v) is 2.86. The lowest BCUT2D eigenvalue weighted by Crippen LogP contribution is -2.21. The zero-order valence-electron chi connectivity index (χ0n) is 11.2. The van der Waals surface area contributed by atoms with Crippen molar-refractivity contribution in [1.29, 1.82) is 0 Å². The summed E-state index contributed by atoms with van der Waals surface area (Å²) in [6, 6.07) is 4.41. The van der Waals surface area contributed by atoms with E-state index >= 15 is 0 Å². The summed E-state index contributed by atoms with van der Waals surface area (Å²) < 4.78 is 39.6. The van der Waals surface area contributed by atoms with E-state index in [4.69, 9.17) is 5.11 Å². The van der Waals surface area contributed by atoms with Crippen molar-refractivity contribution in [2.75, 3.05) is 5.32 Å². The van der Waals surface area contributed by atoms with E-state index in [2.05, 4.69) is 10.4 Å². The number of rotatable bonds is 3. The lowest BCUT2D eigenvalue weighted by Gasteiger charge is -2.13. The Morgan fingerprint density at radius 1 is 1.27 bits per heavy atom. The Morgan fingerprint density at radius 2 is 1.91 bits per heavy atom. The number of hydrogen-bond acceptors (Lipinski definition) is 3. The molecule has 0 fully saturated rings. The molecule has 0 aliphatic rings. The molecule has 0 saturated heterocycles. The molecule has 0 spiro atoms. The SMILES string of the molecule is Cn1ncc(C(=O)O)c1C(=O)Nc1ccccc1C(F)(F)F. The van der Waals surface area contributed by atoms with Gasteiger partial charge >= 0.3 is 12.1 Å². The second-order valence-corrected chi connectivity index (χ2v) is 4.33. The van der Waals surface area contributed by atoms with Crippen molar-refractivity contribution in [2.45, 2.75) is 6.18 Å². The number of nitrogens with zero attached hydrogens (tertiary/aromatic N) is 2. The zero-order chi connectivity index (χ0) is 16.5. The normalized spacial score (nSPS) is 11.3. The van der Waals surface area contributed by atoms with E-state index in [1.165, 1.54) is 19.2 Å². The topological polar surface area (TPSA) is 84.2 Å². The lowest BCUT2D eigenvalue weighted by atomic mass is 10.1. The van der Waals surface area contributed by atoms with Gasteiger partial charge in [-0.05, 0) is 12.1 Å². The van der Waals surface area contributed by atoms with Crippen molar-refractivity contribution >= 4 is 17.6 Å². The first-order valence-corrected chi connectivity index (χ1v) is 5.94. The van der Waals surface area contributed by atoms with E-state index in [1.54, 1.807) is 0 Å². The minimum atomic E-state index is -4.65. The van der Waals surface area contributed by atoms with Gasteiger partial charge in [0.25, 0.3) is 5.91 Å². The van der Waals surface area contributed by atoms with Gasteiger partial charge in [0.2, 0.25) is 0 Å². The number of anilines is 1. The number of alkyl halides is 3. The van der Waals surface area contributed by atoms with Crippen molar-refractivity contribution in [3.05, 3.63) is 47.3 Å². The smallest absolute Gasteiger partial charge is 0.418 e. The third kappa shape index (κ3) is 2.92. The molecule has 1 aromatic carbocycles. The highest BCUT2D eigenvalue weighted by Crippen LogP contribution is 2.34. The van der Waals surface area contributed by atoms with Gasteiger partial charge in [0, 0.05) is 7.05 Å². The summed E-state index contributed by atoms with van der Waals surface area (Å²) in [5.74, 6) is -2.39. The molecule has 0 atom stereocenters. The maximum atomic E-state index is 12.9. The number of carbonyl (C=O) groups excluding carboxylic acids is 1. The number of aromatic carboxylic acids is 1. The second kappa shape index (κ2) is 5.51. The quantitative estimate of drug-likeness (QED) is 0.911. The van der Waals surface area contributed by atoms with Gasteiger partial charge in [-0.15, -0.1) is 0 Å². The minimum absolute atomic E-state index is 0.343. The summed E-state index contributed by atoms with van der Waals surface area (Å²) in [5.41, 5.74) is -2.23. The first-order valence-electron chi connectivity index (χ1n) is 5.94. The molecule has 2 N–H and O–H groups in total. The van der Waals surface area contributed by atoms with Crippen LogP contribution in [-0.2, 0) is 13.2 Å².